The molecule has 3 rings (SSSR count). The number of anilines is 1. The second-order valence-electron chi connectivity index (χ2n) is 6.54. The average Bonchev–Trinajstić information content (AvgIpc) is 2.70. The van der Waals surface area contributed by atoms with Gasteiger partial charge in [0.25, 0.3) is 5.91 Å². The Hall–Kier alpha value is -3.94. The van der Waals surface area contributed by atoms with Crippen LogP contribution in [0.15, 0.2) is 57.7 Å². The molecule has 0 saturated heterocycles. The van der Waals surface area contributed by atoms with E-state index >= 15 is 0 Å². The molecule has 8 nitrogen and oxygen atoms in total. The average molecular weight is 409 g/mol. The summed E-state index contributed by atoms with van der Waals surface area (Å²) < 4.78 is 15.3. The van der Waals surface area contributed by atoms with E-state index in [0.717, 1.165) is 10.9 Å². The molecule has 0 aliphatic carbocycles. The summed E-state index contributed by atoms with van der Waals surface area (Å²) in [6.07, 6.45) is 0. The van der Waals surface area contributed by atoms with Crippen LogP contribution in [0.5, 0.6) is 5.75 Å². The number of Topliss-reactive ketones (excluding diaryl/α,β-unsaturated/α-hetero) is 1. The first-order valence-corrected chi connectivity index (χ1v) is 9.05. The van der Waals surface area contributed by atoms with E-state index in [1.807, 2.05) is 0 Å². The summed E-state index contributed by atoms with van der Waals surface area (Å²) >= 11 is 0. The highest BCUT2D eigenvalue weighted by Gasteiger charge is 2.10. The highest BCUT2D eigenvalue weighted by Crippen LogP contribution is 2.22. The van der Waals surface area contributed by atoms with Crippen molar-refractivity contribution in [3.63, 3.8) is 0 Å². The van der Waals surface area contributed by atoms with E-state index < -0.39 is 30.7 Å². The van der Waals surface area contributed by atoms with Crippen LogP contribution < -0.4 is 15.7 Å². The second kappa shape index (κ2) is 9.04. The molecule has 0 unspecified atom stereocenters. The molecule has 0 saturated carbocycles. The number of aryl methyl sites for hydroxylation is 1. The smallest absolute Gasteiger partial charge is 0.344 e. The number of amides is 1. The highest BCUT2D eigenvalue weighted by atomic mass is 16.6. The number of rotatable bonds is 7. The standard InChI is InChI=1S/C22H19NO7/c1-13-9-21(26)30-19-10-17(7-8-18(13)19)28-12-22(27)29-11-20(25)23-16-5-3-15(4-6-16)14(2)24/h3-10H,11-12H2,1-2H3,(H,23,25). The lowest BCUT2D eigenvalue weighted by molar-refractivity contribution is -0.149. The molecule has 1 N–H and O–H groups in total. The minimum Gasteiger partial charge on any atom is -0.482 e. The maximum absolute atomic E-state index is 11.9. The van der Waals surface area contributed by atoms with Crippen molar-refractivity contribution in [3.05, 3.63) is 70.1 Å². The minimum absolute atomic E-state index is 0.0782. The number of nitrogens with one attached hydrogen (secondary N) is 1. The van der Waals surface area contributed by atoms with Crippen molar-refractivity contribution >= 4 is 34.3 Å². The summed E-state index contributed by atoms with van der Waals surface area (Å²) in [5.74, 6) is -1.02. The van der Waals surface area contributed by atoms with Crippen LogP contribution in [0, 0.1) is 6.92 Å². The first kappa shape index (κ1) is 20.8. The molecular weight excluding hydrogens is 390 g/mol. The van der Waals surface area contributed by atoms with Gasteiger partial charge in [-0.15, -0.1) is 0 Å². The molecular formula is C22H19NO7. The Kier molecular flexibility index (Phi) is 6.26. The van der Waals surface area contributed by atoms with E-state index in [0.29, 0.717) is 22.6 Å². The van der Waals surface area contributed by atoms with Gasteiger partial charge < -0.3 is 19.2 Å². The Morgan fingerprint density at radius 1 is 1.00 bits per heavy atom. The van der Waals surface area contributed by atoms with Crippen LogP contribution in [0.4, 0.5) is 5.69 Å². The summed E-state index contributed by atoms with van der Waals surface area (Å²) in [5, 5.41) is 3.32. The number of benzene rings is 2. The van der Waals surface area contributed by atoms with Gasteiger partial charge >= 0.3 is 11.6 Å². The quantitative estimate of drug-likeness (QED) is 0.363. The maximum atomic E-state index is 11.9. The van der Waals surface area contributed by atoms with E-state index in [2.05, 4.69) is 5.32 Å². The molecule has 0 aliphatic heterocycles. The van der Waals surface area contributed by atoms with Gasteiger partial charge in [0.05, 0.1) is 0 Å². The van der Waals surface area contributed by atoms with Crippen LogP contribution in [0.1, 0.15) is 22.8 Å². The molecule has 30 heavy (non-hydrogen) atoms. The Balaban J connectivity index is 1.48. The molecule has 1 aromatic heterocycles. The number of fused-ring (bicyclic) bond motifs is 1. The van der Waals surface area contributed by atoms with Crippen molar-refractivity contribution in [2.75, 3.05) is 18.5 Å². The SMILES string of the molecule is CC(=O)c1ccc(NC(=O)COC(=O)COc2ccc3c(C)cc(=O)oc3c2)cc1. The molecule has 0 aliphatic rings. The van der Waals surface area contributed by atoms with Gasteiger partial charge in [-0.1, -0.05) is 0 Å². The Morgan fingerprint density at radius 2 is 1.73 bits per heavy atom. The van der Waals surface area contributed by atoms with Gasteiger partial charge in [-0.2, -0.15) is 0 Å². The zero-order valence-corrected chi connectivity index (χ0v) is 16.4. The van der Waals surface area contributed by atoms with Crippen LogP contribution >= 0.6 is 0 Å². The third-order valence-electron chi connectivity index (χ3n) is 4.22. The van der Waals surface area contributed by atoms with Crippen molar-refractivity contribution in [2.24, 2.45) is 0 Å². The zero-order chi connectivity index (χ0) is 21.7. The molecule has 0 atom stereocenters. The van der Waals surface area contributed by atoms with E-state index in [9.17, 15) is 19.2 Å². The third-order valence-corrected chi connectivity index (χ3v) is 4.22. The molecule has 3 aromatic rings. The molecule has 1 amide bonds. The van der Waals surface area contributed by atoms with Gasteiger partial charge in [-0.3, -0.25) is 9.59 Å². The number of hydrogen-bond donors (Lipinski definition) is 1. The van der Waals surface area contributed by atoms with Crippen molar-refractivity contribution in [2.45, 2.75) is 13.8 Å². The summed E-state index contributed by atoms with van der Waals surface area (Å²) in [5.41, 5.74) is 1.65. The van der Waals surface area contributed by atoms with Crippen LogP contribution in [0.3, 0.4) is 0 Å². The summed E-state index contributed by atoms with van der Waals surface area (Å²) in [6, 6.07) is 12.6. The van der Waals surface area contributed by atoms with Crippen molar-refractivity contribution < 1.29 is 28.3 Å². The van der Waals surface area contributed by atoms with Crippen molar-refractivity contribution in [1.29, 1.82) is 0 Å². The normalized spacial score (nSPS) is 10.5. The van der Waals surface area contributed by atoms with Crippen LogP contribution in [-0.4, -0.2) is 30.9 Å². The molecule has 2 aromatic carbocycles. The van der Waals surface area contributed by atoms with Crippen LogP contribution in [-0.2, 0) is 14.3 Å². The molecule has 0 fully saturated rings. The predicted octanol–water partition coefficient (Wildman–Crippen LogP) is 2.86. The first-order valence-electron chi connectivity index (χ1n) is 9.05. The number of carbonyl (C=O) groups is 3. The summed E-state index contributed by atoms with van der Waals surface area (Å²) in [7, 11) is 0. The largest absolute Gasteiger partial charge is 0.482 e. The lowest BCUT2D eigenvalue weighted by Crippen LogP contribution is -2.23. The molecule has 1 heterocycles. The lowest BCUT2D eigenvalue weighted by Gasteiger charge is -2.09. The lowest BCUT2D eigenvalue weighted by atomic mass is 10.1. The molecule has 0 bridgehead atoms. The van der Waals surface area contributed by atoms with E-state index in [1.165, 1.54) is 19.1 Å². The van der Waals surface area contributed by atoms with E-state index in [4.69, 9.17) is 13.9 Å². The highest BCUT2D eigenvalue weighted by molar-refractivity contribution is 5.96. The third kappa shape index (κ3) is 5.32. The topological polar surface area (TPSA) is 112 Å². The predicted molar refractivity (Wildman–Crippen MR) is 109 cm³/mol. The molecule has 154 valence electrons. The fourth-order valence-electron chi connectivity index (χ4n) is 2.71. The fraction of sp³-hybridized carbons (Fsp3) is 0.182. The zero-order valence-electron chi connectivity index (χ0n) is 16.4. The Bertz CT molecular complexity index is 1160. The first-order chi connectivity index (χ1) is 14.3. The van der Waals surface area contributed by atoms with Crippen molar-refractivity contribution in [3.8, 4) is 5.75 Å². The van der Waals surface area contributed by atoms with Crippen LogP contribution in [0.2, 0.25) is 0 Å². The summed E-state index contributed by atoms with van der Waals surface area (Å²) in [4.78, 5) is 46.4. The van der Waals surface area contributed by atoms with E-state index in [1.54, 1.807) is 43.3 Å². The van der Waals surface area contributed by atoms with Gasteiger partial charge in [0.2, 0.25) is 0 Å². The number of ether oxygens (including phenoxy) is 2. The summed E-state index contributed by atoms with van der Waals surface area (Å²) in [6.45, 7) is 2.34. The van der Waals surface area contributed by atoms with Gasteiger partial charge in [0.1, 0.15) is 11.3 Å². The number of hydrogen-bond acceptors (Lipinski definition) is 7. The Morgan fingerprint density at radius 3 is 2.43 bits per heavy atom. The minimum atomic E-state index is -0.733. The van der Waals surface area contributed by atoms with Gasteiger partial charge in [0, 0.05) is 28.8 Å². The maximum Gasteiger partial charge on any atom is 0.344 e. The molecule has 0 radical (unpaired) electrons. The number of carbonyl (C=O) groups excluding carboxylic acids is 3. The number of esters is 1. The van der Waals surface area contributed by atoms with Gasteiger partial charge in [-0.25, -0.2) is 9.59 Å². The Labute approximate surface area is 171 Å². The van der Waals surface area contributed by atoms with E-state index in [-0.39, 0.29) is 5.78 Å². The monoisotopic (exact) mass is 409 g/mol. The second-order valence-corrected chi connectivity index (χ2v) is 6.54. The van der Waals surface area contributed by atoms with Crippen molar-refractivity contribution in [1.82, 2.24) is 0 Å². The molecule has 0 spiro atoms. The van der Waals surface area contributed by atoms with Crippen LogP contribution in [0.25, 0.3) is 11.0 Å². The van der Waals surface area contributed by atoms with Gasteiger partial charge in [0.15, 0.2) is 19.0 Å². The number of ketones is 1. The fourth-order valence-corrected chi connectivity index (χ4v) is 2.71. The van der Waals surface area contributed by atoms with Gasteiger partial charge in [-0.05, 0) is 55.8 Å². The molecule has 8 heteroatoms.